The average Bonchev–Trinajstić information content (AvgIpc) is 2.63. The Bertz CT molecular complexity index is 456. The molecule has 1 atom stereocenters. The lowest BCUT2D eigenvalue weighted by atomic mass is 10.1. The number of nitriles is 1. The third kappa shape index (κ3) is 2.99. The second kappa shape index (κ2) is 5.83. The van der Waals surface area contributed by atoms with Crippen molar-refractivity contribution in [2.24, 2.45) is 0 Å². The van der Waals surface area contributed by atoms with Gasteiger partial charge in [0, 0.05) is 25.4 Å². The minimum absolute atomic E-state index is 0.182. The highest BCUT2D eigenvalue weighted by molar-refractivity contribution is 5.52. The summed E-state index contributed by atoms with van der Waals surface area (Å²) >= 11 is 0. The summed E-state index contributed by atoms with van der Waals surface area (Å²) in [6.07, 6.45) is 2.05. The normalized spacial score (nSPS) is 20.3. The summed E-state index contributed by atoms with van der Waals surface area (Å²) in [7, 11) is 0. The van der Waals surface area contributed by atoms with E-state index in [4.69, 9.17) is 10.00 Å². The number of anilines is 1. The predicted octanol–water partition coefficient (Wildman–Crippen LogP) is 2.70. The third-order valence-electron chi connectivity index (χ3n) is 3.18. The maximum Gasteiger partial charge on any atom is 0.126 e. The molecule has 96 valence electrons. The molecule has 0 spiro atoms. The zero-order valence-electron chi connectivity index (χ0n) is 10.5. The Balaban J connectivity index is 2.23. The molecule has 4 heteroatoms. The molecule has 0 aromatic heterocycles. The lowest BCUT2D eigenvalue weighted by molar-refractivity contribution is 0.0664. The summed E-state index contributed by atoms with van der Waals surface area (Å²) in [6, 6.07) is 6.47. The monoisotopic (exact) mass is 248 g/mol. The van der Waals surface area contributed by atoms with Crippen molar-refractivity contribution in [3.63, 3.8) is 0 Å². The Morgan fingerprint density at radius 3 is 3.06 bits per heavy atom. The SMILES string of the molecule is CCC1CN(c2cc(F)cc(C#N)c2)CCCO1. The van der Waals surface area contributed by atoms with E-state index in [9.17, 15) is 4.39 Å². The summed E-state index contributed by atoms with van der Waals surface area (Å²) in [5.41, 5.74) is 1.14. The van der Waals surface area contributed by atoms with E-state index >= 15 is 0 Å². The maximum atomic E-state index is 13.4. The van der Waals surface area contributed by atoms with Crippen LogP contribution in [0, 0.1) is 17.1 Å². The van der Waals surface area contributed by atoms with E-state index in [-0.39, 0.29) is 11.9 Å². The standard InChI is InChI=1S/C14H17FN2O/c1-2-14-10-17(4-3-5-18-14)13-7-11(9-16)6-12(15)8-13/h6-8,14H,2-5,10H2,1H3. The van der Waals surface area contributed by atoms with E-state index in [0.29, 0.717) is 5.56 Å². The van der Waals surface area contributed by atoms with Crippen LogP contribution in [0.5, 0.6) is 0 Å². The van der Waals surface area contributed by atoms with Gasteiger partial charge in [-0.25, -0.2) is 4.39 Å². The van der Waals surface area contributed by atoms with E-state index in [1.165, 1.54) is 12.1 Å². The Kier molecular flexibility index (Phi) is 4.16. The lowest BCUT2D eigenvalue weighted by Gasteiger charge is -2.25. The highest BCUT2D eigenvalue weighted by Crippen LogP contribution is 2.21. The summed E-state index contributed by atoms with van der Waals surface area (Å²) in [5.74, 6) is -0.359. The van der Waals surface area contributed by atoms with Gasteiger partial charge in [-0.05, 0) is 31.0 Å². The first-order valence-electron chi connectivity index (χ1n) is 6.30. The molecule has 0 bridgehead atoms. The number of benzene rings is 1. The molecule has 1 saturated heterocycles. The van der Waals surface area contributed by atoms with Crippen molar-refractivity contribution in [3.8, 4) is 6.07 Å². The number of ether oxygens (including phenoxy) is 1. The first kappa shape index (κ1) is 12.8. The van der Waals surface area contributed by atoms with Gasteiger partial charge in [-0.15, -0.1) is 0 Å². The molecule has 1 fully saturated rings. The number of halogens is 1. The number of rotatable bonds is 2. The van der Waals surface area contributed by atoms with Gasteiger partial charge >= 0.3 is 0 Å². The van der Waals surface area contributed by atoms with Crippen LogP contribution in [0.1, 0.15) is 25.3 Å². The minimum Gasteiger partial charge on any atom is -0.376 e. The Morgan fingerprint density at radius 2 is 2.33 bits per heavy atom. The first-order valence-corrected chi connectivity index (χ1v) is 6.30. The van der Waals surface area contributed by atoms with Gasteiger partial charge in [-0.3, -0.25) is 0 Å². The van der Waals surface area contributed by atoms with E-state index in [2.05, 4.69) is 11.8 Å². The highest BCUT2D eigenvalue weighted by atomic mass is 19.1. The van der Waals surface area contributed by atoms with Crippen molar-refractivity contribution in [3.05, 3.63) is 29.6 Å². The van der Waals surface area contributed by atoms with Crippen molar-refractivity contribution in [1.29, 1.82) is 5.26 Å². The van der Waals surface area contributed by atoms with E-state index < -0.39 is 0 Å². The molecule has 0 amide bonds. The molecule has 1 heterocycles. The maximum absolute atomic E-state index is 13.4. The molecule has 2 rings (SSSR count). The smallest absolute Gasteiger partial charge is 0.126 e. The number of nitrogens with zero attached hydrogens (tertiary/aromatic N) is 2. The van der Waals surface area contributed by atoms with Crippen LogP contribution in [0.15, 0.2) is 18.2 Å². The molecular formula is C14H17FN2O. The Morgan fingerprint density at radius 1 is 1.50 bits per heavy atom. The summed E-state index contributed by atoms with van der Waals surface area (Å²) in [4.78, 5) is 2.10. The largest absolute Gasteiger partial charge is 0.376 e. The second-order valence-electron chi connectivity index (χ2n) is 4.51. The van der Waals surface area contributed by atoms with Crippen molar-refractivity contribution >= 4 is 5.69 Å². The minimum atomic E-state index is -0.359. The summed E-state index contributed by atoms with van der Waals surface area (Å²) in [6.45, 7) is 4.42. The van der Waals surface area contributed by atoms with Gasteiger partial charge < -0.3 is 9.64 Å². The fourth-order valence-electron chi connectivity index (χ4n) is 2.20. The van der Waals surface area contributed by atoms with Gasteiger partial charge in [-0.1, -0.05) is 6.92 Å². The molecule has 0 radical (unpaired) electrons. The highest BCUT2D eigenvalue weighted by Gasteiger charge is 2.18. The zero-order chi connectivity index (χ0) is 13.0. The predicted molar refractivity (Wildman–Crippen MR) is 68.0 cm³/mol. The first-order chi connectivity index (χ1) is 8.72. The van der Waals surface area contributed by atoms with Gasteiger partial charge in [0.1, 0.15) is 5.82 Å². The molecular weight excluding hydrogens is 231 g/mol. The second-order valence-corrected chi connectivity index (χ2v) is 4.51. The van der Waals surface area contributed by atoms with E-state index in [1.807, 2.05) is 6.07 Å². The molecule has 1 aliphatic rings. The average molecular weight is 248 g/mol. The molecule has 1 unspecified atom stereocenters. The number of hydrogen-bond donors (Lipinski definition) is 0. The number of hydrogen-bond acceptors (Lipinski definition) is 3. The van der Waals surface area contributed by atoms with Gasteiger partial charge in [0.15, 0.2) is 0 Å². The Labute approximate surface area is 107 Å². The molecule has 1 aromatic rings. The van der Waals surface area contributed by atoms with Gasteiger partial charge in [0.25, 0.3) is 0 Å². The molecule has 18 heavy (non-hydrogen) atoms. The van der Waals surface area contributed by atoms with Crippen molar-refractivity contribution < 1.29 is 9.13 Å². The van der Waals surface area contributed by atoms with Crippen LogP contribution in [0.3, 0.4) is 0 Å². The lowest BCUT2D eigenvalue weighted by Crippen LogP contribution is -2.31. The molecule has 0 aliphatic carbocycles. The van der Waals surface area contributed by atoms with Crippen molar-refractivity contribution in [2.45, 2.75) is 25.9 Å². The van der Waals surface area contributed by atoms with E-state index in [1.54, 1.807) is 6.07 Å². The molecule has 3 nitrogen and oxygen atoms in total. The van der Waals surface area contributed by atoms with Crippen LogP contribution in [0.4, 0.5) is 10.1 Å². The Hall–Kier alpha value is -1.60. The fourth-order valence-corrected chi connectivity index (χ4v) is 2.20. The van der Waals surface area contributed by atoms with E-state index in [0.717, 1.165) is 38.2 Å². The van der Waals surface area contributed by atoms with Crippen LogP contribution in [-0.4, -0.2) is 25.8 Å². The topological polar surface area (TPSA) is 36.3 Å². The van der Waals surface area contributed by atoms with Crippen LogP contribution >= 0.6 is 0 Å². The van der Waals surface area contributed by atoms with Crippen LogP contribution < -0.4 is 4.90 Å². The van der Waals surface area contributed by atoms with Crippen molar-refractivity contribution in [2.75, 3.05) is 24.6 Å². The van der Waals surface area contributed by atoms with Crippen molar-refractivity contribution in [1.82, 2.24) is 0 Å². The van der Waals surface area contributed by atoms with Crippen LogP contribution in [-0.2, 0) is 4.74 Å². The summed E-state index contributed by atoms with van der Waals surface area (Å²) < 4.78 is 19.1. The van der Waals surface area contributed by atoms with Crippen LogP contribution in [0.2, 0.25) is 0 Å². The van der Waals surface area contributed by atoms with Gasteiger partial charge in [0.2, 0.25) is 0 Å². The van der Waals surface area contributed by atoms with Gasteiger partial charge in [0.05, 0.1) is 17.7 Å². The molecule has 0 N–H and O–H groups in total. The third-order valence-corrected chi connectivity index (χ3v) is 3.18. The van der Waals surface area contributed by atoms with Crippen LogP contribution in [0.25, 0.3) is 0 Å². The van der Waals surface area contributed by atoms with Gasteiger partial charge in [-0.2, -0.15) is 5.26 Å². The molecule has 1 aliphatic heterocycles. The molecule has 0 saturated carbocycles. The summed E-state index contributed by atoms with van der Waals surface area (Å²) in [5, 5.41) is 8.88. The quantitative estimate of drug-likeness (QED) is 0.807. The zero-order valence-corrected chi connectivity index (χ0v) is 10.5. The molecule has 1 aromatic carbocycles. The fraction of sp³-hybridized carbons (Fsp3) is 0.500.